The van der Waals surface area contributed by atoms with E-state index in [9.17, 15) is 9.59 Å². The summed E-state index contributed by atoms with van der Waals surface area (Å²) >= 11 is 0. The second kappa shape index (κ2) is 17.0. The topological polar surface area (TPSA) is 124 Å². The number of hydrazone groups is 1. The van der Waals surface area contributed by atoms with Crippen LogP contribution in [0.1, 0.15) is 82.1 Å². The van der Waals surface area contributed by atoms with E-state index in [-0.39, 0.29) is 24.4 Å². The van der Waals surface area contributed by atoms with Gasteiger partial charge in [-0.25, -0.2) is 0 Å². The maximum Gasteiger partial charge on any atom is 0.303 e. The van der Waals surface area contributed by atoms with Gasteiger partial charge in [-0.05, 0) is 102 Å². The maximum absolute atomic E-state index is 13.7. The summed E-state index contributed by atoms with van der Waals surface area (Å²) in [5.74, 6) is 5.93. The van der Waals surface area contributed by atoms with Crippen LogP contribution in [0.25, 0.3) is 0 Å². The van der Waals surface area contributed by atoms with Gasteiger partial charge in [-0.3, -0.25) is 9.59 Å². The van der Waals surface area contributed by atoms with Crippen LogP contribution in [-0.2, 0) is 4.79 Å². The molecule has 0 aliphatic heterocycles. The standard InChI is InChI=1S/C30H43N3O6/c1-22(2)33(23(3)4)30(36)29-26(11-10-12-27(29)39-20-9-6-13-28(34)35)38-19-8-5-7-18-37-25-16-14-24(15-17-25)21-32-31/h10-12,14-17,21-23H,5-9,13,18-20,31H2,1-4H3,(H,34,35). The first-order chi connectivity index (χ1) is 18.7. The van der Waals surface area contributed by atoms with Crippen LogP contribution in [0.3, 0.4) is 0 Å². The number of ether oxygens (including phenoxy) is 3. The van der Waals surface area contributed by atoms with Crippen molar-refractivity contribution in [1.29, 1.82) is 0 Å². The molecule has 0 atom stereocenters. The van der Waals surface area contributed by atoms with Crippen LogP contribution in [0.4, 0.5) is 0 Å². The number of hydrogen-bond acceptors (Lipinski definition) is 7. The summed E-state index contributed by atoms with van der Waals surface area (Å²) in [7, 11) is 0. The van der Waals surface area contributed by atoms with E-state index in [1.807, 2.05) is 62.9 Å². The van der Waals surface area contributed by atoms with Crippen molar-refractivity contribution in [2.24, 2.45) is 10.9 Å². The number of carboxylic acid groups (broad SMARTS) is 1. The number of carbonyl (C=O) groups is 2. The minimum absolute atomic E-state index is 0.000955. The molecule has 0 unspecified atom stereocenters. The third-order valence-corrected chi connectivity index (χ3v) is 6.01. The molecule has 0 aliphatic rings. The number of benzene rings is 2. The molecule has 0 saturated carbocycles. The predicted octanol–water partition coefficient (Wildman–Crippen LogP) is 5.50. The molecule has 2 rings (SSSR count). The summed E-state index contributed by atoms with van der Waals surface area (Å²) in [6, 6.07) is 12.9. The van der Waals surface area contributed by atoms with Crippen LogP contribution in [-0.4, -0.2) is 60.0 Å². The van der Waals surface area contributed by atoms with E-state index in [0.717, 1.165) is 30.6 Å². The summed E-state index contributed by atoms with van der Waals surface area (Å²) in [5, 5.41) is 12.4. The van der Waals surface area contributed by atoms with E-state index in [1.165, 1.54) is 0 Å². The highest BCUT2D eigenvalue weighted by atomic mass is 16.5. The lowest BCUT2D eigenvalue weighted by Gasteiger charge is -2.32. The fraction of sp³-hybridized carbons (Fsp3) is 0.500. The van der Waals surface area contributed by atoms with Gasteiger partial charge >= 0.3 is 5.97 Å². The Balaban J connectivity index is 1.96. The highest BCUT2D eigenvalue weighted by Gasteiger charge is 2.28. The molecular weight excluding hydrogens is 498 g/mol. The van der Waals surface area contributed by atoms with Crippen LogP contribution < -0.4 is 20.1 Å². The van der Waals surface area contributed by atoms with Gasteiger partial charge in [-0.15, -0.1) is 0 Å². The fourth-order valence-corrected chi connectivity index (χ4v) is 4.21. The smallest absolute Gasteiger partial charge is 0.303 e. The molecular formula is C30H43N3O6. The largest absolute Gasteiger partial charge is 0.494 e. The van der Waals surface area contributed by atoms with Crippen molar-refractivity contribution in [3.8, 4) is 17.2 Å². The normalized spacial score (nSPS) is 11.2. The molecule has 0 aliphatic carbocycles. The van der Waals surface area contributed by atoms with Crippen LogP contribution in [0.2, 0.25) is 0 Å². The van der Waals surface area contributed by atoms with Gasteiger partial charge in [0.2, 0.25) is 0 Å². The van der Waals surface area contributed by atoms with Gasteiger partial charge < -0.3 is 30.1 Å². The van der Waals surface area contributed by atoms with Gasteiger partial charge in [-0.1, -0.05) is 6.07 Å². The average molecular weight is 542 g/mol. The van der Waals surface area contributed by atoms with E-state index in [0.29, 0.717) is 49.7 Å². The zero-order valence-corrected chi connectivity index (χ0v) is 23.6. The number of amides is 1. The molecule has 0 aromatic heterocycles. The summed E-state index contributed by atoms with van der Waals surface area (Å²) in [5.41, 5.74) is 1.32. The number of unbranched alkanes of at least 4 members (excludes halogenated alkanes) is 3. The molecule has 0 bridgehead atoms. The van der Waals surface area contributed by atoms with Crippen molar-refractivity contribution < 1.29 is 28.9 Å². The van der Waals surface area contributed by atoms with E-state index < -0.39 is 5.97 Å². The molecule has 0 heterocycles. The highest BCUT2D eigenvalue weighted by molar-refractivity contribution is 6.00. The Bertz CT molecular complexity index is 1050. The first kappa shape index (κ1) is 31.5. The van der Waals surface area contributed by atoms with Gasteiger partial charge in [0.25, 0.3) is 5.91 Å². The van der Waals surface area contributed by atoms with Gasteiger partial charge in [-0.2, -0.15) is 5.10 Å². The fourth-order valence-electron chi connectivity index (χ4n) is 4.21. The molecule has 3 N–H and O–H groups in total. The van der Waals surface area contributed by atoms with E-state index in [2.05, 4.69) is 5.10 Å². The van der Waals surface area contributed by atoms with Gasteiger partial charge in [0.15, 0.2) is 0 Å². The molecule has 9 nitrogen and oxygen atoms in total. The SMILES string of the molecule is CC(C)N(C(=O)c1c(OCCCCCOc2ccc(C=NN)cc2)cccc1OCCCCC(=O)O)C(C)C. The first-order valence-electron chi connectivity index (χ1n) is 13.6. The lowest BCUT2D eigenvalue weighted by atomic mass is 10.1. The number of carbonyl (C=O) groups excluding carboxylic acids is 1. The average Bonchev–Trinajstić information content (AvgIpc) is 2.88. The minimum atomic E-state index is -0.829. The summed E-state index contributed by atoms with van der Waals surface area (Å²) in [6.45, 7) is 9.31. The lowest BCUT2D eigenvalue weighted by molar-refractivity contribution is -0.137. The summed E-state index contributed by atoms with van der Waals surface area (Å²) < 4.78 is 17.9. The van der Waals surface area contributed by atoms with Crippen LogP contribution in [0, 0.1) is 0 Å². The number of carboxylic acids is 1. The number of nitrogens with two attached hydrogens (primary N) is 1. The summed E-state index contributed by atoms with van der Waals surface area (Å²) in [4.78, 5) is 26.3. The molecule has 2 aromatic rings. The third kappa shape index (κ3) is 10.9. The Labute approximate surface area is 231 Å². The highest BCUT2D eigenvalue weighted by Crippen LogP contribution is 2.32. The Hall–Kier alpha value is -3.75. The third-order valence-electron chi connectivity index (χ3n) is 6.01. The Morgan fingerprint density at radius 1 is 0.846 bits per heavy atom. The molecule has 0 spiro atoms. The minimum Gasteiger partial charge on any atom is -0.494 e. The van der Waals surface area contributed by atoms with Crippen molar-refractivity contribution in [2.75, 3.05) is 19.8 Å². The Morgan fingerprint density at radius 2 is 1.38 bits per heavy atom. The Morgan fingerprint density at radius 3 is 1.90 bits per heavy atom. The molecule has 0 saturated heterocycles. The summed E-state index contributed by atoms with van der Waals surface area (Å²) in [6.07, 6.45) is 5.35. The van der Waals surface area contributed by atoms with Crippen molar-refractivity contribution >= 4 is 18.1 Å². The van der Waals surface area contributed by atoms with Crippen molar-refractivity contribution in [2.45, 2.75) is 78.3 Å². The van der Waals surface area contributed by atoms with Crippen LogP contribution >= 0.6 is 0 Å². The number of hydrogen-bond donors (Lipinski definition) is 2. The number of aliphatic carboxylic acids is 1. The molecule has 39 heavy (non-hydrogen) atoms. The molecule has 0 radical (unpaired) electrons. The first-order valence-corrected chi connectivity index (χ1v) is 13.6. The van der Waals surface area contributed by atoms with Crippen molar-refractivity contribution in [1.82, 2.24) is 4.90 Å². The lowest BCUT2D eigenvalue weighted by Crippen LogP contribution is -2.42. The zero-order valence-electron chi connectivity index (χ0n) is 23.6. The van der Waals surface area contributed by atoms with Gasteiger partial charge in [0.05, 0.1) is 26.0 Å². The molecule has 214 valence electrons. The zero-order chi connectivity index (χ0) is 28.6. The van der Waals surface area contributed by atoms with Crippen molar-refractivity contribution in [3.63, 3.8) is 0 Å². The van der Waals surface area contributed by atoms with Crippen LogP contribution in [0.15, 0.2) is 47.6 Å². The van der Waals surface area contributed by atoms with E-state index in [4.69, 9.17) is 25.2 Å². The molecule has 0 fully saturated rings. The van der Waals surface area contributed by atoms with Gasteiger partial charge in [0.1, 0.15) is 22.8 Å². The molecule has 9 heteroatoms. The van der Waals surface area contributed by atoms with E-state index in [1.54, 1.807) is 18.3 Å². The quantitative estimate of drug-likeness (QED) is 0.111. The number of nitrogens with zero attached hydrogens (tertiary/aromatic N) is 2. The predicted molar refractivity (Wildman–Crippen MR) is 153 cm³/mol. The number of rotatable bonds is 18. The second-order valence-corrected chi connectivity index (χ2v) is 9.83. The second-order valence-electron chi connectivity index (χ2n) is 9.83. The Kier molecular flexibility index (Phi) is 13.7. The van der Waals surface area contributed by atoms with Crippen LogP contribution in [0.5, 0.6) is 17.2 Å². The van der Waals surface area contributed by atoms with Crippen molar-refractivity contribution in [3.05, 3.63) is 53.6 Å². The maximum atomic E-state index is 13.7. The molecule has 2 aromatic carbocycles. The van der Waals surface area contributed by atoms with E-state index >= 15 is 0 Å². The van der Waals surface area contributed by atoms with Gasteiger partial charge in [0, 0.05) is 18.5 Å². The monoisotopic (exact) mass is 541 g/mol. The molecule has 1 amide bonds.